The lowest BCUT2D eigenvalue weighted by Crippen LogP contribution is -2.43. The van der Waals surface area contributed by atoms with E-state index in [0.717, 1.165) is 48.2 Å². The summed E-state index contributed by atoms with van der Waals surface area (Å²) >= 11 is 0. The maximum absolute atomic E-state index is 5.93. The van der Waals surface area contributed by atoms with E-state index in [4.69, 9.17) is 18.9 Å². The molecule has 6 heteroatoms. The fraction of sp³-hybridized carbons (Fsp3) is 0.500. The van der Waals surface area contributed by atoms with Crippen molar-refractivity contribution < 1.29 is 13.9 Å². The van der Waals surface area contributed by atoms with Gasteiger partial charge in [-0.3, -0.25) is 0 Å². The van der Waals surface area contributed by atoms with Crippen molar-refractivity contribution in [1.29, 1.82) is 0 Å². The molecule has 0 radical (unpaired) electrons. The Hall–Kier alpha value is -2.63. The minimum atomic E-state index is 0.502. The maximum atomic E-state index is 5.93. The predicted octanol–water partition coefficient (Wildman–Crippen LogP) is 3.66. The van der Waals surface area contributed by atoms with Crippen molar-refractivity contribution in [2.24, 2.45) is 4.99 Å². The number of fused-ring (bicyclic) bond motifs is 1. The van der Waals surface area contributed by atoms with Gasteiger partial charge in [-0.25, -0.2) is 4.99 Å². The molecule has 2 heterocycles. The predicted molar refractivity (Wildman–Crippen MR) is 109 cm³/mol. The van der Waals surface area contributed by atoms with Gasteiger partial charge < -0.3 is 24.5 Å². The van der Waals surface area contributed by atoms with E-state index in [-0.39, 0.29) is 0 Å². The lowest BCUT2D eigenvalue weighted by atomic mass is 10.2. The van der Waals surface area contributed by atoms with Crippen molar-refractivity contribution in [3.63, 3.8) is 0 Å². The van der Waals surface area contributed by atoms with Gasteiger partial charge >= 0.3 is 0 Å². The molecule has 0 unspecified atom stereocenters. The highest BCUT2D eigenvalue weighted by atomic mass is 16.5. The van der Waals surface area contributed by atoms with Crippen LogP contribution in [0.2, 0.25) is 0 Å². The van der Waals surface area contributed by atoms with Crippen molar-refractivity contribution in [2.75, 3.05) is 19.8 Å². The Morgan fingerprint density at radius 2 is 1.93 bits per heavy atom. The molecule has 0 saturated heterocycles. The third kappa shape index (κ3) is 5.00. The third-order valence-electron chi connectivity index (χ3n) is 5.20. The van der Waals surface area contributed by atoms with Crippen LogP contribution < -0.4 is 20.1 Å². The molecule has 0 bridgehead atoms. The second kappa shape index (κ2) is 9.53. The summed E-state index contributed by atoms with van der Waals surface area (Å²) in [6.45, 7) is 2.71. The highest BCUT2D eigenvalue weighted by Crippen LogP contribution is 2.33. The first-order valence-corrected chi connectivity index (χ1v) is 10.3. The zero-order valence-corrected chi connectivity index (χ0v) is 16.3. The van der Waals surface area contributed by atoms with Gasteiger partial charge in [-0.1, -0.05) is 25.0 Å². The average Bonchev–Trinajstić information content (AvgIpc) is 3.36. The van der Waals surface area contributed by atoms with Crippen LogP contribution in [0.5, 0.6) is 11.5 Å². The maximum Gasteiger partial charge on any atom is 0.191 e. The lowest BCUT2D eigenvalue weighted by molar-refractivity contribution is 0.296. The summed E-state index contributed by atoms with van der Waals surface area (Å²) in [4.78, 5) is 4.84. The molecule has 1 aromatic carbocycles. The van der Waals surface area contributed by atoms with E-state index >= 15 is 0 Å². The topological polar surface area (TPSA) is 68.0 Å². The number of furan rings is 1. The van der Waals surface area contributed by atoms with Gasteiger partial charge in [-0.05, 0) is 31.0 Å². The van der Waals surface area contributed by atoms with Crippen LogP contribution in [-0.2, 0) is 13.0 Å². The molecule has 2 aromatic rings. The van der Waals surface area contributed by atoms with E-state index in [0.29, 0.717) is 25.8 Å². The molecule has 0 amide bonds. The standard InChI is InChI=1S/C22H29N3O3/c1-2-8-18(7-1)25-22(23-12-11-19-9-4-13-26-19)24-16-17-6-3-10-20-21(17)28-15-5-14-27-20/h3-4,6,9-10,13,18H,1-2,5,7-8,11-12,14-16H2,(H2,23,24,25). The number of para-hydroxylation sites is 1. The van der Waals surface area contributed by atoms with E-state index < -0.39 is 0 Å². The molecule has 0 atom stereocenters. The van der Waals surface area contributed by atoms with Gasteiger partial charge in [0.05, 0.1) is 26.0 Å². The number of rotatable bonds is 6. The van der Waals surface area contributed by atoms with Crippen molar-refractivity contribution in [2.45, 2.75) is 51.1 Å². The molecule has 1 fully saturated rings. The minimum absolute atomic E-state index is 0.502. The van der Waals surface area contributed by atoms with Crippen LogP contribution in [0.25, 0.3) is 0 Å². The van der Waals surface area contributed by atoms with Crippen molar-refractivity contribution >= 4 is 5.96 Å². The summed E-state index contributed by atoms with van der Waals surface area (Å²) in [6, 6.07) is 10.5. The second-order valence-corrected chi connectivity index (χ2v) is 7.34. The quantitative estimate of drug-likeness (QED) is 0.589. The molecule has 1 aliphatic heterocycles. The lowest BCUT2D eigenvalue weighted by Gasteiger charge is -2.18. The number of guanidine groups is 1. The highest BCUT2D eigenvalue weighted by Gasteiger charge is 2.17. The van der Waals surface area contributed by atoms with Crippen LogP contribution >= 0.6 is 0 Å². The molecule has 1 saturated carbocycles. The molecule has 2 N–H and O–H groups in total. The van der Waals surface area contributed by atoms with Gasteiger partial charge in [-0.2, -0.15) is 0 Å². The molecular formula is C22H29N3O3. The molecule has 0 spiro atoms. The van der Waals surface area contributed by atoms with Crippen molar-refractivity contribution in [3.8, 4) is 11.5 Å². The highest BCUT2D eigenvalue weighted by molar-refractivity contribution is 5.80. The Bertz CT molecular complexity index is 767. The number of nitrogens with zero attached hydrogens (tertiary/aromatic N) is 1. The Labute approximate surface area is 166 Å². The van der Waals surface area contributed by atoms with Crippen molar-refractivity contribution in [3.05, 3.63) is 47.9 Å². The zero-order chi connectivity index (χ0) is 19.0. The molecule has 1 aliphatic carbocycles. The number of benzene rings is 1. The number of hydrogen-bond donors (Lipinski definition) is 2. The van der Waals surface area contributed by atoms with Gasteiger partial charge in [0.15, 0.2) is 17.5 Å². The van der Waals surface area contributed by atoms with E-state index in [2.05, 4.69) is 16.7 Å². The summed E-state index contributed by atoms with van der Waals surface area (Å²) < 4.78 is 17.1. The largest absolute Gasteiger partial charge is 0.490 e. The molecule has 2 aliphatic rings. The number of aliphatic imine (C=N–C) groups is 1. The first kappa shape index (κ1) is 18.7. The van der Waals surface area contributed by atoms with E-state index in [9.17, 15) is 0 Å². The Morgan fingerprint density at radius 1 is 1.04 bits per heavy atom. The van der Waals surface area contributed by atoms with Crippen LogP contribution in [0, 0.1) is 0 Å². The Kier molecular flexibility index (Phi) is 6.37. The summed E-state index contributed by atoms with van der Waals surface area (Å²) in [5.74, 6) is 3.48. The number of hydrogen-bond acceptors (Lipinski definition) is 4. The molecule has 1 aromatic heterocycles. The smallest absolute Gasteiger partial charge is 0.191 e. The summed E-state index contributed by atoms with van der Waals surface area (Å²) in [7, 11) is 0. The van der Waals surface area contributed by atoms with Gasteiger partial charge in [0.2, 0.25) is 0 Å². The summed E-state index contributed by atoms with van der Waals surface area (Å²) in [5.41, 5.74) is 1.05. The molecule has 6 nitrogen and oxygen atoms in total. The molecule has 4 rings (SSSR count). The van der Waals surface area contributed by atoms with Gasteiger partial charge in [0, 0.05) is 31.0 Å². The van der Waals surface area contributed by atoms with Gasteiger partial charge in [0.25, 0.3) is 0 Å². The van der Waals surface area contributed by atoms with Crippen LogP contribution in [0.15, 0.2) is 46.0 Å². The number of nitrogens with one attached hydrogen (secondary N) is 2. The van der Waals surface area contributed by atoms with E-state index in [1.807, 2.05) is 24.3 Å². The minimum Gasteiger partial charge on any atom is -0.490 e. The van der Waals surface area contributed by atoms with Crippen LogP contribution in [0.3, 0.4) is 0 Å². The Morgan fingerprint density at radius 3 is 2.79 bits per heavy atom. The van der Waals surface area contributed by atoms with Crippen molar-refractivity contribution in [1.82, 2.24) is 10.6 Å². The third-order valence-corrected chi connectivity index (χ3v) is 5.20. The second-order valence-electron chi connectivity index (χ2n) is 7.34. The fourth-order valence-corrected chi connectivity index (χ4v) is 3.72. The normalized spacial score (nSPS) is 17.4. The molecule has 28 heavy (non-hydrogen) atoms. The number of ether oxygens (including phenoxy) is 2. The first-order chi connectivity index (χ1) is 13.9. The molecular weight excluding hydrogens is 354 g/mol. The van der Waals surface area contributed by atoms with Gasteiger partial charge in [0.1, 0.15) is 5.76 Å². The Balaban J connectivity index is 1.43. The summed E-state index contributed by atoms with van der Waals surface area (Å²) in [6.07, 6.45) is 8.43. The summed E-state index contributed by atoms with van der Waals surface area (Å²) in [5, 5.41) is 7.05. The first-order valence-electron chi connectivity index (χ1n) is 10.3. The fourth-order valence-electron chi connectivity index (χ4n) is 3.72. The van der Waals surface area contributed by atoms with Crippen LogP contribution in [-0.4, -0.2) is 31.8 Å². The monoisotopic (exact) mass is 383 g/mol. The van der Waals surface area contributed by atoms with Crippen LogP contribution in [0.1, 0.15) is 43.4 Å². The van der Waals surface area contributed by atoms with E-state index in [1.165, 1.54) is 25.7 Å². The molecule has 150 valence electrons. The van der Waals surface area contributed by atoms with Gasteiger partial charge in [-0.15, -0.1) is 0 Å². The van der Waals surface area contributed by atoms with Crippen LogP contribution in [0.4, 0.5) is 0 Å². The van der Waals surface area contributed by atoms with E-state index in [1.54, 1.807) is 6.26 Å². The SMILES string of the molecule is c1coc(CCNC(=NCc2cccc3c2OCCCO3)NC2CCCC2)c1. The zero-order valence-electron chi connectivity index (χ0n) is 16.3. The average molecular weight is 383 g/mol.